The van der Waals surface area contributed by atoms with Crippen molar-refractivity contribution < 1.29 is 9.59 Å². The van der Waals surface area contributed by atoms with Gasteiger partial charge in [0.25, 0.3) is 0 Å². The molecule has 2 fully saturated rings. The molecule has 6 heteroatoms. The number of rotatable bonds is 7. The van der Waals surface area contributed by atoms with E-state index in [1.807, 2.05) is 18.7 Å². The van der Waals surface area contributed by atoms with Crippen LogP contribution < -0.4 is 5.32 Å². The van der Waals surface area contributed by atoms with Crippen LogP contribution in [-0.2, 0) is 9.59 Å². The second-order valence-corrected chi connectivity index (χ2v) is 8.06. The van der Waals surface area contributed by atoms with Gasteiger partial charge in [-0.3, -0.25) is 19.4 Å². The van der Waals surface area contributed by atoms with Gasteiger partial charge in [0.05, 0.1) is 13.1 Å². The second-order valence-electron chi connectivity index (χ2n) is 8.06. The zero-order valence-corrected chi connectivity index (χ0v) is 17.2. The third kappa shape index (κ3) is 5.95. The molecule has 1 aliphatic heterocycles. The van der Waals surface area contributed by atoms with Crippen LogP contribution in [0.25, 0.3) is 0 Å². The number of nitrogens with zero attached hydrogens (tertiary/aromatic N) is 3. The van der Waals surface area contributed by atoms with Crippen LogP contribution in [0.4, 0.5) is 0 Å². The Labute approximate surface area is 159 Å². The fourth-order valence-corrected chi connectivity index (χ4v) is 4.21. The van der Waals surface area contributed by atoms with Crippen molar-refractivity contribution in [2.45, 2.75) is 53.0 Å². The highest BCUT2D eigenvalue weighted by Gasteiger charge is 2.29. The van der Waals surface area contributed by atoms with E-state index in [0.717, 1.165) is 45.7 Å². The SMILES string of the molecule is CCN(CC)C(=O)CN1CCN(CC(=O)NC2CCCC(C)C2C)CC1. The molecule has 0 spiro atoms. The van der Waals surface area contributed by atoms with E-state index >= 15 is 0 Å². The van der Waals surface area contributed by atoms with Crippen LogP contribution in [-0.4, -0.2) is 84.9 Å². The monoisotopic (exact) mass is 366 g/mol. The Morgan fingerprint density at radius 1 is 0.962 bits per heavy atom. The van der Waals surface area contributed by atoms with E-state index in [2.05, 4.69) is 29.0 Å². The van der Waals surface area contributed by atoms with Gasteiger partial charge in [0.15, 0.2) is 0 Å². The summed E-state index contributed by atoms with van der Waals surface area (Å²) in [5, 5.41) is 3.26. The molecule has 3 atom stereocenters. The van der Waals surface area contributed by atoms with Crippen molar-refractivity contribution in [3.05, 3.63) is 0 Å². The maximum Gasteiger partial charge on any atom is 0.236 e. The van der Waals surface area contributed by atoms with Crippen LogP contribution in [0.1, 0.15) is 47.0 Å². The lowest BCUT2D eigenvalue weighted by molar-refractivity contribution is -0.133. The van der Waals surface area contributed by atoms with Gasteiger partial charge in [-0.2, -0.15) is 0 Å². The lowest BCUT2D eigenvalue weighted by Gasteiger charge is -2.37. The molecule has 2 aliphatic rings. The first-order chi connectivity index (χ1) is 12.4. The fourth-order valence-electron chi connectivity index (χ4n) is 4.21. The Bertz CT molecular complexity index is 459. The van der Waals surface area contributed by atoms with Crippen molar-refractivity contribution >= 4 is 11.8 Å². The predicted molar refractivity (Wildman–Crippen MR) is 105 cm³/mol. The molecule has 0 aromatic rings. The van der Waals surface area contributed by atoms with Gasteiger partial charge in [0, 0.05) is 45.3 Å². The summed E-state index contributed by atoms with van der Waals surface area (Å²) in [7, 11) is 0. The number of likely N-dealkylation sites (N-methyl/N-ethyl adjacent to an activating group) is 1. The minimum atomic E-state index is 0.156. The third-order valence-electron chi connectivity index (χ3n) is 6.36. The van der Waals surface area contributed by atoms with Gasteiger partial charge in [0.2, 0.25) is 11.8 Å². The fraction of sp³-hybridized carbons (Fsp3) is 0.900. The number of amides is 2. The third-order valence-corrected chi connectivity index (χ3v) is 6.36. The smallest absolute Gasteiger partial charge is 0.236 e. The zero-order valence-electron chi connectivity index (χ0n) is 17.2. The topological polar surface area (TPSA) is 55.9 Å². The normalized spacial score (nSPS) is 27.9. The number of hydrogen-bond donors (Lipinski definition) is 1. The first-order valence-corrected chi connectivity index (χ1v) is 10.5. The average molecular weight is 367 g/mol. The van der Waals surface area contributed by atoms with Crippen molar-refractivity contribution in [1.82, 2.24) is 20.0 Å². The molecule has 1 heterocycles. The maximum atomic E-state index is 12.4. The van der Waals surface area contributed by atoms with Gasteiger partial charge in [0.1, 0.15) is 0 Å². The summed E-state index contributed by atoms with van der Waals surface area (Å²) in [5.74, 6) is 1.63. The Morgan fingerprint density at radius 3 is 2.12 bits per heavy atom. The molecule has 1 saturated carbocycles. The van der Waals surface area contributed by atoms with Crippen molar-refractivity contribution in [2.24, 2.45) is 11.8 Å². The average Bonchev–Trinajstić information content (AvgIpc) is 2.62. The van der Waals surface area contributed by atoms with Gasteiger partial charge in [-0.05, 0) is 32.1 Å². The summed E-state index contributed by atoms with van der Waals surface area (Å²) < 4.78 is 0. The largest absolute Gasteiger partial charge is 0.352 e. The van der Waals surface area contributed by atoms with E-state index < -0.39 is 0 Å². The molecule has 2 amide bonds. The first-order valence-electron chi connectivity index (χ1n) is 10.5. The van der Waals surface area contributed by atoms with Crippen LogP contribution in [0.3, 0.4) is 0 Å². The molecule has 1 N–H and O–H groups in total. The molecular formula is C20H38N4O2. The molecule has 2 rings (SSSR count). The van der Waals surface area contributed by atoms with E-state index in [9.17, 15) is 9.59 Å². The number of piperazine rings is 1. The highest BCUT2D eigenvalue weighted by molar-refractivity contribution is 5.79. The second kappa shape index (κ2) is 10.3. The highest BCUT2D eigenvalue weighted by atomic mass is 16.2. The lowest BCUT2D eigenvalue weighted by atomic mass is 9.78. The summed E-state index contributed by atoms with van der Waals surface area (Å²) in [6.45, 7) is 14.6. The zero-order chi connectivity index (χ0) is 19.1. The van der Waals surface area contributed by atoms with Crippen molar-refractivity contribution in [1.29, 1.82) is 0 Å². The van der Waals surface area contributed by atoms with Crippen LogP contribution in [0.15, 0.2) is 0 Å². The Morgan fingerprint density at radius 2 is 1.54 bits per heavy atom. The van der Waals surface area contributed by atoms with Gasteiger partial charge < -0.3 is 10.2 Å². The molecule has 0 aromatic heterocycles. The molecule has 1 saturated heterocycles. The summed E-state index contributed by atoms with van der Waals surface area (Å²) in [4.78, 5) is 31.0. The van der Waals surface area contributed by atoms with Gasteiger partial charge in [-0.15, -0.1) is 0 Å². The molecule has 0 radical (unpaired) electrons. The van der Waals surface area contributed by atoms with Gasteiger partial charge in [-0.25, -0.2) is 0 Å². The maximum absolute atomic E-state index is 12.4. The summed E-state index contributed by atoms with van der Waals surface area (Å²) in [6, 6.07) is 0.333. The minimum Gasteiger partial charge on any atom is -0.352 e. The molecular weight excluding hydrogens is 328 g/mol. The quantitative estimate of drug-likeness (QED) is 0.740. The number of hydrogen-bond acceptors (Lipinski definition) is 4. The van der Waals surface area contributed by atoms with E-state index in [4.69, 9.17) is 0 Å². The van der Waals surface area contributed by atoms with E-state index in [1.165, 1.54) is 12.8 Å². The minimum absolute atomic E-state index is 0.156. The molecule has 6 nitrogen and oxygen atoms in total. The van der Waals surface area contributed by atoms with Crippen LogP contribution in [0.5, 0.6) is 0 Å². The Kier molecular flexibility index (Phi) is 8.35. The van der Waals surface area contributed by atoms with Crippen LogP contribution >= 0.6 is 0 Å². The number of carbonyl (C=O) groups is 2. The van der Waals surface area contributed by atoms with E-state index in [-0.39, 0.29) is 11.8 Å². The standard InChI is InChI=1S/C20H38N4O2/c1-5-24(6-2)20(26)15-23-12-10-22(11-13-23)14-19(25)21-18-9-7-8-16(3)17(18)4/h16-18H,5-15H2,1-4H3,(H,21,25). The number of nitrogens with one attached hydrogen (secondary N) is 1. The lowest BCUT2D eigenvalue weighted by Crippen LogP contribution is -2.53. The van der Waals surface area contributed by atoms with Crippen molar-refractivity contribution in [2.75, 3.05) is 52.4 Å². The highest BCUT2D eigenvalue weighted by Crippen LogP contribution is 2.29. The summed E-state index contributed by atoms with van der Waals surface area (Å²) in [5.41, 5.74) is 0. The van der Waals surface area contributed by atoms with Crippen LogP contribution in [0, 0.1) is 11.8 Å². The van der Waals surface area contributed by atoms with E-state index in [1.54, 1.807) is 0 Å². The van der Waals surface area contributed by atoms with Crippen molar-refractivity contribution in [3.8, 4) is 0 Å². The molecule has 150 valence electrons. The van der Waals surface area contributed by atoms with E-state index in [0.29, 0.717) is 31.0 Å². The molecule has 0 bridgehead atoms. The molecule has 0 aromatic carbocycles. The van der Waals surface area contributed by atoms with Crippen LogP contribution in [0.2, 0.25) is 0 Å². The summed E-state index contributed by atoms with van der Waals surface area (Å²) in [6.07, 6.45) is 3.61. The first kappa shape index (κ1) is 21.2. The molecule has 1 aliphatic carbocycles. The Balaban J connectivity index is 1.69. The molecule has 3 unspecified atom stereocenters. The molecule has 26 heavy (non-hydrogen) atoms. The van der Waals surface area contributed by atoms with Gasteiger partial charge >= 0.3 is 0 Å². The van der Waals surface area contributed by atoms with Gasteiger partial charge in [-0.1, -0.05) is 26.7 Å². The number of carbonyl (C=O) groups excluding carboxylic acids is 2. The Hall–Kier alpha value is -1.14. The van der Waals surface area contributed by atoms with Crippen molar-refractivity contribution in [3.63, 3.8) is 0 Å². The summed E-state index contributed by atoms with van der Waals surface area (Å²) >= 11 is 0. The predicted octanol–water partition coefficient (Wildman–Crippen LogP) is 1.41.